The summed E-state index contributed by atoms with van der Waals surface area (Å²) in [5.41, 5.74) is 4.73. The molecule has 0 aromatic heterocycles. The van der Waals surface area contributed by atoms with Crippen molar-refractivity contribution in [3.8, 4) is 0 Å². The predicted octanol–water partition coefficient (Wildman–Crippen LogP) is 0.781. The second-order valence-corrected chi connectivity index (χ2v) is 5.08. The van der Waals surface area contributed by atoms with Gasteiger partial charge in [0.25, 0.3) is 0 Å². The van der Waals surface area contributed by atoms with Crippen LogP contribution in [0, 0.1) is 5.92 Å². The molecule has 0 radical (unpaired) electrons. The molecule has 0 unspecified atom stereocenters. The van der Waals surface area contributed by atoms with Gasteiger partial charge in [-0.3, -0.25) is 4.79 Å². The highest BCUT2D eigenvalue weighted by molar-refractivity contribution is 5.81. The minimum absolute atomic E-state index is 0.189. The molecule has 0 aromatic carbocycles. The maximum absolute atomic E-state index is 11.3. The van der Waals surface area contributed by atoms with Gasteiger partial charge < -0.3 is 16.2 Å². The van der Waals surface area contributed by atoms with E-state index in [0.717, 1.165) is 31.6 Å². The summed E-state index contributed by atoms with van der Waals surface area (Å²) in [6.45, 7) is 4.17. The van der Waals surface area contributed by atoms with Gasteiger partial charge in [0.15, 0.2) is 0 Å². The van der Waals surface area contributed by atoms with Crippen molar-refractivity contribution in [2.75, 3.05) is 6.54 Å². The highest BCUT2D eigenvalue weighted by Crippen LogP contribution is 2.33. The summed E-state index contributed by atoms with van der Waals surface area (Å²) in [6, 6.07) is -0.504. The zero-order valence-electron chi connectivity index (χ0n) is 10.3. The standard InChI is InChI=1S/C12H24N2O2/c1-3-10-4-6-12(16,7-5-10)8-14-11(15)9(2)13/h9-10,16H,3-8,13H2,1-2H3,(H,14,15)/t9-,10?,12?/m1/s1. The molecule has 1 saturated carbocycles. The molecule has 1 fully saturated rings. The summed E-state index contributed by atoms with van der Waals surface area (Å²) in [7, 11) is 0. The van der Waals surface area contributed by atoms with Crippen LogP contribution in [0.1, 0.15) is 46.0 Å². The molecule has 1 aliphatic rings. The number of aliphatic hydroxyl groups is 1. The normalized spacial score (nSPS) is 32.1. The Hall–Kier alpha value is -0.610. The third-order valence-corrected chi connectivity index (χ3v) is 3.62. The van der Waals surface area contributed by atoms with E-state index < -0.39 is 11.6 Å². The minimum Gasteiger partial charge on any atom is -0.388 e. The van der Waals surface area contributed by atoms with Gasteiger partial charge >= 0.3 is 0 Å². The lowest BCUT2D eigenvalue weighted by atomic mass is 9.78. The molecular formula is C12H24N2O2. The van der Waals surface area contributed by atoms with Gasteiger partial charge in [0.1, 0.15) is 0 Å². The Balaban J connectivity index is 2.34. The van der Waals surface area contributed by atoms with Crippen LogP contribution in [0.15, 0.2) is 0 Å². The second-order valence-electron chi connectivity index (χ2n) is 5.08. The third-order valence-electron chi connectivity index (χ3n) is 3.62. The molecule has 0 spiro atoms. The zero-order chi connectivity index (χ0) is 12.2. The Morgan fingerprint density at radius 2 is 2.12 bits per heavy atom. The van der Waals surface area contributed by atoms with Crippen molar-refractivity contribution in [3.63, 3.8) is 0 Å². The Morgan fingerprint density at radius 1 is 1.56 bits per heavy atom. The molecule has 1 amide bonds. The average Bonchev–Trinajstić information content (AvgIpc) is 2.27. The summed E-state index contributed by atoms with van der Waals surface area (Å²) < 4.78 is 0. The highest BCUT2D eigenvalue weighted by Gasteiger charge is 2.32. The summed E-state index contributed by atoms with van der Waals surface area (Å²) in [6.07, 6.45) is 4.86. The number of hydrogen-bond donors (Lipinski definition) is 3. The van der Waals surface area contributed by atoms with Crippen molar-refractivity contribution in [2.45, 2.75) is 57.6 Å². The van der Waals surface area contributed by atoms with Gasteiger partial charge in [0, 0.05) is 6.54 Å². The predicted molar refractivity (Wildman–Crippen MR) is 63.9 cm³/mol. The molecular weight excluding hydrogens is 204 g/mol. The van der Waals surface area contributed by atoms with Crippen LogP contribution in [0.3, 0.4) is 0 Å². The lowest BCUT2D eigenvalue weighted by Gasteiger charge is -2.36. The van der Waals surface area contributed by atoms with Crippen molar-refractivity contribution < 1.29 is 9.90 Å². The first-order chi connectivity index (χ1) is 7.47. The van der Waals surface area contributed by atoms with Crippen molar-refractivity contribution in [3.05, 3.63) is 0 Å². The highest BCUT2D eigenvalue weighted by atomic mass is 16.3. The molecule has 94 valence electrons. The number of carbonyl (C=O) groups is 1. The topological polar surface area (TPSA) is 75.3 Å². The molecule has 1 atom stereocenters. The number of rotatable bonds is 4. The minimum atomic E-state index is -0.712. The van der Waals surface area contributed by atoms with Crippen LogP contribution in [0.5, 0.6) is 0 Å². The van der Waals surface area contributed by atoms with Gasteiger partial charge in [-0.2, -0.15) is 0 Å². The van der Waals surface area contributed by atoms with Crippen LogP contribution in [0.2, 0.25) is 0 Å². The molecule has 4 heteroatoms. The van der Waals surface area contributed by atoms with Gasteiger partial charge in [0.2, 0.25) is 5.91 Å². The lowest BCUT2D eigenvalue weighted by molar-refractivity contribution is -0.123. The van der Waals surface area contributed by atoms with E-state index >= 15 is 0 Å². The van der Waals surface area contributed by atoms with E-state index in [-0.39, 0.29) is 5.91 Å². The average molecular weight is 228 g/mol. The Bertz CT molecular complexity index is 233. The van der Waals surface area contributed by atoms with Crippen molar-refractivity contribution in [2.24, 2.45) is 11.7 Å². The van der Waals surface area contributed by atoms with E-state index in [0.29, 0.717) is 6.54 Å². The number of nitrogens with two attached hydrogens (primary N) is 1. The molecule has 0 aromatic rings. The van der Waals surface area contributed by atoms with Gasteiger partial charge in [-0.1, -0.05) is 13.3 Å². The number of hydrogen-bond acceptors (Lipinski definition) is 3. The first-order valence-electron chi connectivity index (χ1n) is 6.22. The lowest BCUT2D eigenvalue weighted by Crippen LogP contribution is -2.48. The van der Waals surface area contributed by atoms with Crippen molar-refractivity contribution >= 4 is 5.91 Å². The summed E-state index contributed by atoms with van der Waals surface area (Å²) >= 11 is 0. The zero-order valence-corrected chi connectivity index (χ0v) is 10.3. The SMILES string of the molecule is CCC1CCC(O)(CNC(=O)[C@@H](C)N)CC1. The van der Waals surface area contributed by atoms with E-state index in [2.05, 4.69) is 12.2 Å². The molecule has 1 aliphatic carbocycles. The maximum atomic E-state index is 11.3. The maximum Gasteiger partial charge on any atom is 0.236 e. The van der Waals surface area contributed by atoms with Crippen LogP contribution in [-0.4, -0.2) is 29.2 Å². The van der Waals surface area contributed by atoms with Gasteiger partial charge in [-0.25, -0.2) is 0 Å². The van der Waals surface area contributed by atoms with Gasteiger partial charge in [-0.05, 0) is 38.5 Å². The first-order valence-corrected chi connectivity index (χ1v) is 6.22. The first kappa shape index (κ1) is 13.5. The Kier molecular flexibility index (Phi) is 4.74. The monoisotopic (exact) mass is 228 g/mol. The smallest absolute Gasteiger partial charge is 0.236 e. The molecule has 0 aliphatic heterocycles. The second kappa shape index (κ2) is 5.64. The van der Waals surface area contributed by atoms with Crippen molar-refractivity contribution in [1.82, 2.24) is 5.32 Å². The number of carbonyl (C=O) groups excluding carboxylic acids is 1. The Labute approximate surface area is 97.6 Å². The number of nitrogens with one attached hydrogen (secondary N) is 1. The summed E-state index contributed by atoms with van der Waals surface area (Å²) in [5, 5.41) is 13.0. The molecule has 0 heterocycles. The molecule has 4 nitrogen and oxygen atoms in total. The van der Waals surface area contributed by atoms with E-state index in [9.17, 15) is 9.90 Å². The fourth-order valence-corrected chi connectivity index (χ4v) is 2.21. The van der Waals surface area contributed by atoms with Gasteiger partial charge in [0.05, 0.1) is 11.6 Å². The van der Waals surface area contributed by atoms with Crippen LogP contribution in [-0.2, 0) is 4.79 Å². The fraction of sp³-hybridized carbons (Fsp3) is 0.917. The van der Waals surface area contributed by atoms with Crippen LogP contribution in [0.25, 0.3) is 0 Å². The Morgan fingerprint density at radius 3 is 2.56 bits per heavy atom. The van der Waals surface area contributed by atoms with Crippen LogP contribution in [0.4, 0.5) is 0 Å². The summed E-state index contributed by atoms with van der Waals surface area (Å²) in [4.78, 5) is 11.3. The van der Waals surface area contributed by atoms with E-state index in [4.69, 9.17) is 5.73 Å². The third kappa shape index (κ3) is 3.76. The molecule has 16 heavy (non-hydrogen) atoms. The van der Waals surface area contributed by atoms with E-state index in [1.165, 1.54) is 6.42 Å². The van der Waals surface area contributed by atoms with E-state index in [1.807, 2.05) is 0 Å². The molecule has 4 N–H and O–H groups in total. The van der Waals surface area contributed by atoms with Gasteiger partial charge in [-0.15, -0.1) is 0 Å². The largest absolute Gasteiger partial charge is 0.388 e. The molecule has 1 rings (SSSR count). The number of amides is 1. The van der Waals surface area contributed by atoms with Crippen LogP contribution >= 0.6 is 0 Å². The van der Waals surface area contributed by atoms with Crippen LogP contribution < -0.4 is 11.1 Å². The van der Waals surface area contributed by atoms with E-state index in [1.54, 1.807) is 6.92 Å². The quantitative estimate of drug-likeness (QED) is 0.665. The van der Waals surface area contributed by atoms with Crippen molar-refractivity contribution in [1.29, 1.82) is 0 Å². The fourth-order valence-electron chi connectivity index (χ4n) is 2.21. The summed E-state index contributed by atoms with van der Waals surface area (Å²) in [5.74, 6) is 0.551. The molecule has 0 saturated heterocycles. The molecule has 0 bridgehead atoms.